The number of rotatable bonds is 4. The van der Waals surface area contributed by atoms with Gasteiger partial charge in [0.1, 0.15) is 22.3 Å². The van der Waals surface area contributed by atoms with Crippen molar-refractivity contribution >= 4 is 10.7 Å². The normalized spacial score (nSPS) is 11.9. The third kappa shape index (κ3) is 4.36. The molecule has 4 nitrogen and oxygen atoms in total. The molecule has 0 unspecified atom stereocenters. The number of aryl methyl sites for hydroxylation is 1. The molecular weight excluding hydrogens is 384 g/mol. The van der Waals surface area contributed by atoms with Gasteiger partial charge in [-0.25, -0.2) is 17.8 Å². The highest BCUT2D eigenvalue weighted by molar-refractivity contribution is 7.71. The average molecular weight is 398 g/mol. The highest BCUT2D eigenvalue weighted by atomic mass is 32.2. The van der Waals surface area contributed by atoms with Crippen LogP contribution in [-0.2, 0) is 22.6 Å². The summed E-state index contributed by atoms with van der Waals surface area (Å²) in [6.45, 7) is 1.63. The van der Waals surface area contributed by atoms with E-state index in [1.807, 2.05) is 0 Å². The Kier molecular flexibility index (Phi) is 5.05. The molecule has 0 bridgehead atoms. The maximum atomic E-state index is 13.7. The number of hydrogen-bond donors (Lipinski definition) is 1. The lowest BCUT2D eigenvalue weighted by Gasteiger charge is -2.09. The number of thiol groups is 1. The summed E-state index contributed by atoms with van der Waals surface area (Å²) < 4.78 is 76.0. The van der Waals surface area contributed by atoms with Crippen molar-refractivity contribution in [3.63, 3.8) is 0 Å². The molecule has 0 radical (unpaired) electrons. The van der Waals surface area contributed by atoms with Gasteiger partial charge in [-0.1, -0.05) is 12.1 Å². The minimum Gasteiger partial charge on any atom is -0.299 e. The zero-order valence-electron chi connectivity index (χ0n) is 14.0. The molecule has 3 aromatic rings. The number of alkyl halides is 3. The maximum absolute atomic E-state index is 13.7. The van der Waals surface area contributed by atoms with Crippen LogP contribution in [0, 0.1) is 12.7 Å². The molecular formula is C18H14F4N2O2S. The van der Waals surface area contributed by atoms with Crippen LogP contribution >= 0.6 is 0 Å². The second-order valence-electron chi connectivity index (χ2n) is 5.99. The summed E-state index contributed by atoms with van der Waals surface area (Å²) in [4.78, 5) is 3.66. The fourth-order valence-corrected chi connectivity index (χ4v) is 3.20. The van der Waals surface area contributed by atoms with Crippen molar-refractivity contribution in [1.82, 2.24) is 9.55 Å². The summed E-state index contributed by atoms with van der Waals surface area (Å²) in [6.07, 6.45) is -3.83. The largest absolute Gasteiger partial charge is 0.434 e. The van der Waals surface area contributed by atoms with E-state index in [0.717, 1.165) is 12.3 Å². The molecule has 9 heteroatoms. The van der Waals surface area contributed by atoms with Gasteiger partial charge in [-0.15, -0.1) is 0 Å². The number of aromatic nitrogens is 2. The van der Waals surface area contributed by atoms with Crippen molar-refractivity contribution in [1.29, 1.82) is 0 Å². The first kappa shape index (κ1) is 19.1. The minimum absolute atomic E-state index is 0.0624. The Morgan fingerprint density at radius 3 is 2.30 bits per heavy atom. The van der Waals surface area contributed by atoms with Crippen molar-refractivity contribution in [2.75, 3.05) is 0 Å². The van der Waals surface area contributed by atoms with Crippen LogP contribution in [0.25, 0.3) is 17.1 Å². The lowest BCUT2D eigenvalue weighted by Crippen LogP contribution is -2.05. The Bertz CT molecular complexity index is 1030. The topological polar surface area (TPSA) is 52.0 Å². The first-order valence-corrected chi connectivity index (χ1v) is 9.15. The first-order valence-electron chi connectivity index (χ1n) is 7.79. The zero-order chi connectivity index (χ0) is 19.8. The molecule has 0 atom stereocenters. The van der Waals surface area contributed by atoms with Crippen molar-refractivity contribution < 1.29 is 26.0 Å². The van der Waals surface area contributed by atoms with Crippen LogP contribution in [0.5, 0.6) is 0 Å². The van der Waals surface area contributed by atoms with E-state index >= 15 is 0 Å². The van der Waals surface area contributed by atoms with E-state index in [0.29, 0.717) is 16.8 Å². The molecule has 2 aromatic carbocycles. The number of imidazole rings is 1. The summed E-state index contributed by atoms with van der Waals surface area (Å²) in [5, 5.41) is 0. The van der Waals surface area contributed by atoms with Crippen LogP contribution in [0.1, 0.15) is 16.8 Å². The van der Waals surface area contributed by atoms with Crippen LogP contribution in [0.3, 0.4) is 0 Å². The van der Waals surface area contributed by atoms with Gasteiger partial charge in [-0.05, 0) is 48.4 Å². The van der Waals surface area contributed by atoms with E-state index in [9.17, 15) is 26.0 Å². The number of halogens is 4. The molecule has 1 heterocycles. The van der Waals surface area contributed by atoms with Crippen LogP contribution in [0.15, 0.2) is 48.7 Å². The SMILES string of the molecule is Cc1cc(F)cc(-c2nc(C(F)(F)F)cn2-c2ccc(C[SH](=O)=O)cc2)c1. The lowest BCUT2D eigenvalue weighted by atomic mass is 10.1. The molecule has 0 saturated carbocycles. The summed E-state index contributed by atoms with van der Waals surface area (Å²) in [6, 6.07) is 9.92. The van der Waals surface area contributed by atoms with Crippen LogP contribution < -0.4 is 0 Å². The van der Waals surface area contributed by atoms with Crippen molar-refractivity contribution in [3.8, 4) is 17.1 Å². The Morgan fingerprint density at radius 2 is 1.74 bits per heavy atom. The molecule has 0 aliphatic heterocycles. The van der Waals surface area contributed by atoms with Gasteiger partial charge in [-0.3, -0.25) is 4.57 Å². The smallest absolute Gasteiger partial charge is 0.299 e. The summed E-state index contributed by atoms with van der Waals surface area (Å²) in [7, 11) is -2.61. The van der Waals surface area contributed by atoms with E-state index in [-0.39, 0.29) is 17.1 Å². The van der Waals surface area contributed by atoms with E-state index < -0.39 is 28.4 Å². The second-order valence-corrected chi connectivity index (χ2v) is 6.97. The summed E-state index contributed by atoms with van der Waals surface area (Å²) in [5.74, 6) is -0.807. The van der Waals surface area contributed by atoms with Gasteiger partial charge in [0.2, 0.25) is 0 Å². The monoisotopic (exact) mass is 398 g/mol. The van der Waals surface area contributed by atoms with Gasteiger partial charge in [0.15, 0.2) is 5.69 Å². The fourth-order valence-electron chi connectivity index (χ4n) is 2.69. The Balaban J connectivity index is 2.14. The van der Waals surface area contributed by atoms with E-state index in [4.69, 9.17) is 0 Å². The van der Waals surface area contributed by atoms with Crippen molar-refractivity contribution in [2.45, 2.75) is 18.9 Å². The van der Waals surface area contributed by atoms with Gasteiger partial charge in [0.05, 0.1) is 5.75 Å². The minimum atomic E-state index is -4.66. The molecule has 0 saturated heterocycles. The average Bonchev–Trinajstić information content (AvgIpc) is 2.99. The fraction of sp³-hybridized carbons (Fsp3) is 0.167. The molecule has 0 aliphatic rings. The van der Waals surface area contributed by atoms with E-state index in [1.54, 1.807) is 13.0 Å². The second kappa shape index (κ2) is 7.15. The Labute approximate surface area is 154 Å². The first-order chi connectivity index (χ1) is 12.6. The third-order valence-electron chi connectivity index (χ3n) is 3.82. The predicted octanol–water partition coefficient (Wildman–Crippen LogP) is 4.12. The van der Waals surface area contributed by atoms with Crippen LogP contribution in [0.2, 0.25) is 0 Å². The van der Waals surface area contributed by atoms with E-state index in [2.05, 4.69) is 4.98 Å². The molecule has 0 aliphatic carbocycles. The van der Waals surface area contributed by atoms with Gasteiger partial charge in [0, 0.05) is 17.4 Å². The van der Waals surface area contributed by atoms with Crippen LogP contribution in [-0.4, -0.2) is 18.0 Å². The molecule has 27 heavy (non-hydrogen) atoms. The maximum Gasteiger partial charge on any atom is 0.434 e. The highest BCUT2D eigenvalue weighted by Gasteiger charge is 2.35. The molecule has 142 valence electrons. The molecule has 1 aromatic heterocycles. The van der Waals surface area contributed by atoms with Crippen molar-refractivity contribution in [2.24, 2.45) is 0 Å². The molecule has 0 N–H and O–H groups in total. The quantitative estimate of drug-likeness (QED) is 0.531. The zero-order valence-corrected chi connectivity index (χ0v) is 14.9. The van der Waals surface area contributed by atoms with Gasteiger partial charge in [0.25, 0.3) is 0 Å². The Morgan fingerprint density at radius 1 is 1.07 bits per heavy atom. The molecule has 3 rings (SSSR count). The molecule has 0 amide bonds. The molecule has 0 fully saturated rings. The summed E-state index contributed by atoms with van der Waals surface area (Å²) in [5.41, 5.74) is 0.498. The van der Waals surface area contributed by atoms with Crippen LogP contribution in [0.4, 0.5) is 17.6 Å². The third-order valence-corrected chi connectivity index (χ3v) is 4.45. The van der Waals surface area contributed by atoms with E-state index in [1.165, 1.54) is 34.9 Å². The predicted molar refractivity (Wildman–Crippen MR) is 92.7 cm³/mol. The summed E-state index contributed by atoms with van der Waals surface area (Å²) >= 11 is 0. The van der Waals surface area contributed by atoms with Gasteiger partial charge in [-0.2, -0.15) is 13.2 Å². The number of benzene rings is 2. The standard InChI is InChI=1S/C18H14F4N2O2S/c1-11-6-13(8-14(19)7-11)17-23-16(18(20,21)22)9-24(17)15-4-2-12(3-5-15)10-27(25)26/h2-9,27H,10H2,1H3. The van der Waals surface area contributed by atoms with Gasteiger partial charge >= 0.3 is 6.18 Å². The van der Waals surface area contributed by atoms with Crippen molar-refractivity contribution in [3.05, 3.63) is 71.3 Å². The van der Waals surface area contributed by atoms with Gasteiger partial charge < -0.3 is 0 Å². The number of nitrogens with zero attached hydrogens (tertiary/aromatic N) is 2. The lowest BCUT2D eigenvalue weighted by molar-refractivity contribution is -0.140. The number of hydrogen-bond acceptors (Lipinski definition) is 3. The Hall–Kier alpha value is -2.68. The molecule has 0 spiro atoms. The highest BCUT2D eigenvalue weighted by Crippen LogP contribution is 2.33.